The maximum absolute atomic E-state index is 11.6. The number of H-pyrrole nitrogens is 3. The summed E-state index contributed by atoms with van der Waals surface area (Å²) in [6.07, 6.45) is 0. The second kappa shape index (κ2) is 4.10. The minimum atomic E-state index is -0.585. The lowest BCUT2D eigenvalue weighted by atomic mass is 10.1. The molecule has 0 aliphatic heterocycles. The average molecular weight is 277 g/mol. The van der Waals surface area contributed by atoms with Crippen LogP contribution in [0.4, 0.5) is 0 Å². The zero-order chi connectivity index (χ0) is 13.6. The molecule has 2 aromatic heterocycles. The molecule has 0 atom stereocenters. The van der Waals surface area contributed by atoms with E-state index in [1.165, 1.54) is 0 Å². The number of hydrogen-bond acceptors (Lipinski definition) is 3. The predicted molar refractivity (Wildman–Crippen MR) is 72.5 cm³/mol. The van der Waals surface area contributed by atoms with Crippen molar-refractivity contribution < 1.29 is 0 Å². The number of nitrogens with one attached hydrogen (secondary N) is 3. The van der Waals surface area contributed by atoms with Gasteiger partial charge in [-0.1, -0.05) is 23.7 Å². The van der Waals surface area contributed by atoms with Crippen molar-refractivity contribution in [2.75, 3.05) is 0 Å². The Morgan fingerprint density at radius 2 is 1.95 bits per heavy atom. The highest BCUT2D eigenvalue weighted by Crippen LogP contribution is 2.26. The van der Waals surface area contributed by atoms with E-state index < -0.39 is 11.2 Å². The van der Waals surface area contributed by atoms with Crippen molar-refractivity contribution in [3.8, 4) is 11.4 Å². The monoisotopic (exact) mass is 276 g/mol. The van der Waals surface area contributed by atoms with Gasteiger partial charge in [0, 0.05) is 10.6 Å². The summed E-state index contributed by atoms with van der Waals surface area (Å²) >= 11 is 6.05. The van der Waals surface area contributed by atoms with Gasteiger partial charge in [-0.25, -0.2) is 9.78 Å². The molecule has 1 aromatic carbocycles. The molecule has 7 heteroatoms. The van der Waals surface area contributed by atoms with E-state index in [-0.39, 0.29) is 11.2 Å². The molecule has 3 rings (SSSR count). The van der Waals surface area contributed by atoms with Crippen LogP contribution in [0.1, 0.15) is 5.56 Å². The molecule has 3 aromatic rings. The maximum Gasteiger partial charge on any atom is 0.327 e. The van der Waals surface area contributed by atoms with E-state index >= 15 is 0 Å². The van der Waals surface area contributed by atoms with E-state index in [1.807, 2.05) is 13.0 Å². The van der Waals surface area contributed by atoms with Gasteiger partial charge in [-0.05, 0) is 18.6 Å². The van der Waals surface area contributed by atoms with E-state index in [0.717, 1.165) is 11.1 Å². The van der Waals surface area contributed by atoms with Crippen LogP contribution in [0.15, 0.2) is 27.8 Å². The molecule has 2 heterocycles. The molecular weight excluding hydrogens is 268 g/mol. The number of imidazole rings is 1. The molecular formula is C12H9ClN4O2. The Morgan fingerprint density at radius 1 is 1.16 bits per heavy atom. The molecule has 0 aliphatic carbocycles. The molecule has 0 radical (unpaired) electrons. The number of aromatic nitrogens is 4. The van der Waals surface area contributed by atoms with Gasteiger partial charge in [-0.15, -0.1) is 0 Å². The first-order valence-electron chi connectivity index (χ1n) is 5.54. The Morgan fingerprint density at radius 3 is 2.74 bits per heavy atom. The number of benzene rings is 1. The lowest BCUT2D eigenvalue weighted by Crippen LogP contribution is -2.21. The third-order valence-corrected chi connectivity index (χ3v) is 3.32. The van der Waals surface area contributed by atoms with E-state index in [2.05, 4.69) is 19.9 Å². The molecule has 0 spiro atoms. The van der Waals surface area contributed by atoms with Gasteiger partial charge in [-0.3, -0.25) is 14.8 Å². The van der Waals surface area contributed by atoms with E-state index in [9.17, 15) is 9.59 Å². The summed E-state index contributed by atoms with van der Waals surface area (Å²) in [6, 6.07) is 5.41. The summed E-state index contributed by atoms with van der Waals surface area (Å²) in [7, 11) is 0. The van der Waals surface area contributed by atoms with Crippen LogP contribution in [0.5, 0.6) is 0 Å². The SMILES string of the molecule is Cc1c(Cl)cccc1-c1nc2[nH]c(=O)[nH]c(=O)c2[nH]1. The zero-order valence-electron chi connectivity index (χ0n) is 9.87. The predicted octanol–water partition coefficient (Wildman–Crippen LogP) is 1.57. The van der Waals surface area contributed by atoms with Crippen LogP contribution in [-0.2, 0) is 0 Å². The van der Waals surface area contributed by atoms with Gasteiger partial charge in [0.1, 0.15) is 11.3 Å². The number of fused-ring (bicyclic) bond motifs is 1. The van der Waals surface area contributed by atoms with Crippen LogP contribution in [0, 0.1) is 6.92 Å². The third kappa shape index (κ3) is 1.86. The van der Waals surface area contributed by atoms with Crippen molar-refractivity contribution in [2.24, 2.45) is 0 Å². The van der Waals surface area contributed by atoms with Crippen LogP contribution >= 0.6 is 11.6 Å². The normalized spacial score (nSPS) is 11.1. The summed E-state index contributed by atoms with van der Waals surface area (Å²) in [5.41, 5.74) is 0.999. The van der Waals surface area contributed by atoms with Crippen molar-refractivity contribution in [3.05, 3.63) is 49.6 Å². The molecule has 6 nitrogen and oxygen atoms in total. The largest absolute Gasteiger partial charge is 0.332 e. The highest BCUT2D eigenvalue weighted by Gasteiger charge is 2.12. The average Bonchev–Trinajstić information content (AvgIpc) is 2.76. The number of rotatable bonds is 1. The summed E-state index contributed by atoms with van der Waals surface area (Å²) < 4.78 is 0. The Kier molecular flexibility index (Phi) is 2.53. The number of aromatic amines is 3. The van der Waals surface area contributed by atoms with Crippen LogP contribution < -0.4 is 11.2 Å². The number of nitrogens with zero attached hydrogens (tertiary/aromatic N) is 1. The van der Waals surface area contributed by atoms with Gasteiger partial charge < -0.3 is 4.98 Å². The molecule has 19 heavy (non-hydrogen) atoms. The van der Waals surface area contributed by atoms with E-state index in [0.29, 0.717) is 10.8 Å². The molecule has 0 saturated carbocycles. The molecule has 0 amide bonds. The second-order valence-electron chi connectivity index (χ2n) is 4.13. The summed E-state index contributed by atoms with van der Waals surface area (Å²) in [5, 5.41) is 0.611. The van der Waals surface area contributed by atoms with Crippen molar-refractivity contribution in [1.82, 2.24) is 19.9 Å². The Labute approximate surface area is 111 Å². The molecule has 0 unspecified atom stereocenters. The second-order valence-corrected chi connectivity index (χ2v) is 4.54. The van der Waals surface area contributed by atoms with Crippen LogP contribution in [0.2, 0.25) is 5.02 Å². The Bertz CT molecular complexity index is 891. The van der Waals surface area contributed by atoms with Crippen LogP contribution in [-0.4, -0.2) is 19.9 Å². The van der Waals surface area contributed by atoms with Crippen molar-refractivity contribution in [2.45, 2.75) is 6.92 Å². The topological polar surface area (TPSA) is 94.4 Å². The van der Waals surface area contributed by atoms with Gasteiger partial charge in [0.25, 0.3) is 5.56 Å². The highest BCUT2D eigenvalue weighted by molar-refractivity contribution is 6.31. The quantitative estimate of drug-likeness (QED) is 0.629. The number of halogens is 1. The first-order chi connectivity index (χ1) is 9.06. The summed E-state index contributed by atoms with van der Waals surface area (Å²) in [6.45, 7) is 1.86. The van der Waals surface area contributed by atoms with E-state index in [4.69, 9.17) is 11.6 Å². The number of hydrogen-bond donors (Lipinski definition) is 3. The van der Waals surface area contributed by atoms with Gasteiger partial charge in [0.15, 0.2) is 5.65 Å². The Balaban J connectivity index is 2.33. The van der Waals surface area contributed by atoms with E-state index in [1.54, 1.807) is 12.1 Å². The highest BCUT2D eigenvalue weighted by atomic mass is 35.5. The standard InChI is InChI=1S/C12H9ClN4O2/c1-5-6(3-2-4-7(5)13)9-14-8-10(15-9)16-12(19)17-11(8)18/h2-4H,1H3,(H3,14,15,16,17,18,19). The minimum absolute atomic E-state index is 0.225. The molecule has 0 fully saturated rings. The minimum Gasteiger partial charge on any atom is -0.332 e. The third-order valence-electron chi connectivity index (χ3n) is 2.91. The lowest BCUT2D eigenvalue weighted by molar-refractivity contribution is 1.07. The molecule has 96 valence electrons. The molecule has 3 N–H and O–H groups in total. The van der Waals surface area contributed by atoms with Crippen molar-refractivity contribution in [3.63, 3.8) is 0 Å². The van der Waals surface area contributed by atoms with Gasteiger partial charge in [0.05, 0.1) is 0 Å². The molecule has 0 aliphatic rings. The summed E-state index contributed by atoms with van der Waals surface area (Å²) in [4.78, 5) is 34.5. The van der Waals surface area contributed by atoms with Crippen LogP contribution in [0.25, 0.3) is 22.6 Å². The maximum atomic E-state index is 11.6. The van der Waals surface area contributed by atoms with Gasteiger partial charge in [-0.2, -0.15) is 0 Å². The lowest BCUT2D eigenvalue weighted by Gasteiger charge is -2.03. The first kappa shape index (κ1) is 11.7. The molecule has 0 saturated heterocycles. The van der Waals surface area contributed by atoms with Crippen molar-refractivity contribution in [1.29, 1.82) is 0 Å². The fraction of sp³-hybridized carbons (Fsp3) is 0.0833. The summed E-state index contributed by atoms with van der Waals surface area (Å²) in [5.74, 6) is 0.488. The first-order valence-corrected chi connectivity index (χ1v) is 5.92. The van der Waals surface area contributed by atoms with Gasteiger partial charge in [0.2, 0.25) is 0 Å². The van der Waals surface area contributed by atoms with Crippen molar-refractivity contribution >= 4 is 22.8 Å². The zero-order valence-corrected chi connectivity index (χ0v) is 10.6. The fourth-order valence-electron chi connectivity index (χ4n) is 1.92. The smallest absolute Gasteiger partial charge is 0.327 e. The Hall–Kier alpha value is -2.34. The molecule has 0 bridgehead atoms. The van der Waals surface area contributed by atoms with Gasteiger partial charge >= 0.3 is 5.69 Å². The fourth-order valence-corrected chi connectivity index (χ4v) is 2.10. The van der Waals surface area contributed by atoms with Crippen LogP contribution in [0.3, 0.4) is 0 Å².